The minimum Gasteiger partial charge on any atom is -0.345 e. The topological polar surface area (TPSA) is 75.3 Å². The third-order valence-corrected chi connectivity index (χ3v) is 7.14. The molecule has 3 aromatic rings. The van der Waals surface area contributed by atoms with Gasteiger partial charge in [0.1, 0.15) is 0 Å². The fourth-order valence-electron chi connectivity index (χ4n) is 2.65. The zero-order valence-electron chi connectivity index (χ0n) is 15.1. The molecule has 1 amide bonds. The third kappa shape index (κ3) is 5.08. The van der Waals surface area contributed by atoms with Gasteiger partial charge in [-0.05, 0) is 48.2 Å². The lowest BCUT2D eigenvalue weighted by Crippen LogP contribution is -2.27. The molecule has 146 valence electrons. The minimum absolute atomic E-state index is 0.0604. The molecular formula is C20H19BrN2O3S2. The van der Waals surface area contributed by atoms with Crippen molar-refractivity contribution in [2.45, 2.75) is 24.4 Å². The first-order valence-corrected chi connectivity index (χ1v) is 11.7. The lowest BCUT2D eigenvalue weighted by molar-refractivity contribution is 0.0939. The van der Waals surface area contributed by atoms with Crippen molar-refractivity contribution in [2.24, 2.45) is 0 Å². The molecule has 0 radical (unpaired) electrons. The van der Waals surface area contributed by atoms with Crippen LogP contribution in [0.5, 0.6) is 0 Å². The van der Waals surface area contributed by atoms with Gasteiger partial charge in [-0.3, -0.25) is 4.79 Å². The standard InChI is InChI=1S/C20H19BrN2O3S2/c1-14(18-9-2-3-10-19(18)21)23-20(24)15-6-4-8-17(12-15)28(25,26)22-13-16-7-5-11-27-16/h2-12,14,22H,13H2,1H3,(H,23,24). The summed E-state index contributed by atoms with van der Waals surface area (Å²) in [5, 5.41) is 4.79. The lowest BCUT2D eigenvalue weighted by Gasteiger charge is -2.16. The summed E-state index contributed by atoms with van der Waals surface area (Å²) < 4.78 is 28.6. The summed E-state index contributed by atoms with van der Waals surface area (Å²) in [6.45, 7) is 2.09. The summed E-state index contributed by atoms with van der Waals surface area (Å²) in [6.07, 6.45) is 0. The van der Waals surface area contributed by atoms with Gasteiger partial charge in [-0.25, -0.2) is 13.1 Å². The van der Waals surface area contributed by atoms with Crippen molar-refractivity contribution >= 4 is 43.2 Å². The van der Waals surface area contributed by atoms with E-state index in [0.717, 1.165) is 14.9 Å². The summed E-state index contributed by atoms with van der Waals surface area (Å²) >= 11 is 4.95. The van der Waals surface area contributed by atoms with Crippen LogP contribution in [0, 0.1) is 0 Å². The molecule has 0 saturated carbocycles. The Hall–Kier alpha value is -2.00. The van der Waals surface area contributed by atoms with Gasteiger partial charge in [-0.15, -0.1) is 11.3 Å². The second-order valence-electron chi connectivity index (χ2n) is 6.15. The molecule has 1 atom stereocenters. The lowest BCUT2D eigenvalue weighted by atomic mass is 10.1. The van der Waals surface area contributed by atoms with Gasteiger partial charge >= 0.3 is 0 Å². The summed E-state index contributed by atoms with van der Waals surface area (Å²) in [5.41, 5.74) is 1.23. The quantitative estimate of drug-likeness (QED) is 0.525. The Kier molecular flexibility index (Phi) is 6.66. The molecule has 0 saturated heterocycles. The minimum atomic E-state index is -3.71. The van der Waals surface area contributed by atoms with E-state index in [9.17, 15) is 13.2 Å². The summed E-state index contributed by atoms with van der Waals surface area (Å²) in [7, 11) is -3.71. The van der Waals surface area contributed by atoms with E-state index in [1.165, 1.54) is 23.5 Å². The normalized spacial score (nSPS) is 12.5. The Labute approximate surface area is 177 Å². The maximum atomic E-state index is 12.6. The molecule has 0 aliphatic carbocycles. The highest BCUT2D eigenvalue weighted by atomic mass is 79.9. The smallest absolute Gasteiger partial charge is 0.251 e. The first kappa shape index (κ1) is 20.7. The fourth-order valence-corrected chi connectivity index (χ4v) is 5.07. The highest BCUT2D eigenvalue weighted by Crippen LogP contribution is 2.23. The van der Waals surface area contributed by atoms with E-state index in [1.807, 2.05) is 48.7 Å². The monoisotopic (exact) mass is 478 g/mol. The molecule has 0 aliphatic heterocycles. The number of carbonyl (C=O) groups excluding carboxylic acids is 1. The van der Waals surface area contributed by atoms with E-state index in [2.05, 4.69) is 26.0 Å². The summed E-state index contributed by atoms with van der Waals surface area (Å²) in [6, 6.07) is 17.2. The molecule has 0 spiro atoms. The third-order valence-electron chi connectivity index (χ3n) is 4.14. The van der Waals surface area contributed by atoms with Crippen molar-refractivity contribution in [1.29, 1.82) is 0 Å². The molecule has 0 fully saturated rings. The molecule has 0 aliphatic rings. The van der Waals surface area contributed by atoms with Gasteiger partial charge < -0.3 is 5.32 Å². The number of benzene rings is 2. The molecule has 8 heteroatoms. The van der Waals surface area contributed by atoms with Crippen LogP contribution in [0.25, 0.3) is 0 Å². The SMILES string of the molecule is CC(NC(=O)c1cccc(S(=O)(=O)NCc2cccs2)c1)c1ccccc1Br. The molecule has 1 unspecified atom stereocenters. The zero-order valence-corrected chi connectivity index (χ0v) is 18.3. The fraction of sp³-hybridized carbons (Fsp3) is 0.150. The van der Waals surface area contributed by atoms with E-state index < -0.39 is 10.0 Å². The Morgan fingerprint density at radius 1 is 1.11 bits per heavy atom. The van der Waals surface area contributed by atoms with Crippen molar-refractivity contribution in [1.82, 2.24) is 10.0 Å². The number of thiophene rings is 1. The van der Waals surface area contributed by atoms with Gasteiger partial charge in [-0.2, -0.15) is 0 Å². The highest BCUT2D eigenvalue weighted by molar-refractivity contribution is 9.10. The van der Waals surface area contributed by atoms with Crippen LogP contribution >= 0.6 is 27.3 Å². The first-order valence-electron chi connectivity index (χ1n) is 8.54. The van der Waals surface area contributed by atoms with Crippen LogP contribution in [0.1, 0.15) is 33.8 Å². The Morgan fingerprint density at radius 3 is 2.61 bits per heavy atom. The van der Waals surface area contributed by atoms with Crippen LogP contribution in [0.3, 0.4) is 0 Å². The van der Waals surface area contributed by atoms with E-state index in [0.29, 0.717) is 0 Å². The van der Waals surface area contributed by atoms with Crippen molar-refractivity contribution < 1.29 is 13.2 Å². The number of sulfonamides is 1. The largest absolute Gasteiger partial charge is 0.345 e. The number of nitrogens with one attached hydrogen (secondary N) is 2. The molecule has 2 aromatic carbocycles. The molecule has 5 nitrogen and oxygen atoms in total. The van der Waals surface area contributed by atoms with E-state index >= 15 is 0 Å². The number of hydrogen-bond acceptors (Lipinski definition) is 4. The number of halogens is 1. The molecule has 1 heterocycles. The summed E-state index contributed by atoms with van der Waals surface area (Å²) in [4.78, 5) is 13.6. The number of amides is 1. The molecular weight excluding hydrogens is 460 g/mol. The number of carbonyl (C=O) groups is 1. The molecule has 28 heavy (non-hydrogen) atoms. The van der Waals surface area contributed by atoms with Crippen LogP contribution in [-0.4, -0.2) is 14.3 Å². The van der Waals surface area contributed by atoms with Crippen molar-refractivity contribution in [3.63, 3.8) is 0 Å². The van der Waals surface area contributed by atoms with Gasteiger partial charge in [0, 0.05) is 21.5 Å². The maximum Gasteiger partial charge on any atom is 0.251 e. The second-order valence-corrected chi connectivity index (χ2v) is 9.80. The number of rotatable bonds is 7. The maximum absolute atomic E-state index is 12.6. The molecule has 3 rings (SSSR count). The Bertz CT molecular complexity index is 1070. The second kappa shape index (κ2) is 9.00. The number of hydrogen-bond donors (Lipinski definition) is 2. The van der Waals surface area contributed by atoms with Crippen LogP contribution in [-0.2, 0) is 16.6 Å². The summed E-state index contributed by atoms with van der Waals surface area (Å²) in [5.74, 6) is -0.335. The van der Waals surface area contributed by atoms with Gasteiger partial charge in [0.25, 0.3) is 5.91 Å². The van der Waals surface area contributed by atoms with Crippen LogP contribution in [0.15, 0.2) is 75.4 Å². The van der Waals surface area contributed by atoms with Gasteiger partial charge in [0.05, 0.1) is 10.9 Å². The van der Waals surface area contributed by atoms with Crippen LogP contribution in [0.2, 0.25) is 0 Å². The predicted molar refractivity (Wildman–Crippen MR) is 115 cm³/mol. The average Bonchev–Trinajstić information content (AvgIpc) is 3.20. The molecule has 1 aromatic heterocycles. The zero-order chi connectivity index (χ0) is 20.1. The van der Waals surface area contributed by atoms with Gasteiger partial charge in [0.2, 0.25) is 10.0 Å². The Balaban J connectivity index is 1.73. The molecule has 0 bridgehead atoms. The van der Waals surface area contributed by atoms with Crippen molar-refractivity contribution in [3.05, 3.63) is 86.5 Å². The average molecular weight is 479 g/mol. The van der Waals surface area contributed by atoms with E-state index in [1.54, 1.807) is 12.1 Å². The van der Waals surface area contributed by atoms with E-state index in [-0.39, 0.29) is 29.0 Å². The van der Waals surface area contributed by atoms with Crippen molar-refractivity contribution in [3.8, 4) is 0 Å². The van der Waals surface area contributed by atoms with Gasteiger partial charge in [-0.1, -0.05) is 46.3 Å². The van der Waals surface area contributed by atoms with Gasteiger partial charge in [0.15, 0.2) is 0 Å². The van der Waals surface area contributed by atoms with Crippen molar-refractivity contribution in [2.75, 3.05) is 0 Å². The predicted octanol–water partition coefficient (Wildman–Crippen LogP) is 4.48. The Morgan fingerprint density at radius 2 is 1.89 bits per heavy atom. The van der Waals surface area contributed by atoms with Crippen LogP contribution in [0.4, 0.5) is 0 Å². The first-order chi connectivity index (χ1) is 13.4. The van der Waals surface area contributed by atoms with E-state index in [4.69, 9.17) is 0 Å². The molecule has 2 N–H and O–H groups in total. The highest BCUT2D eigenvalue weighted by Gasteiger charge is 2.18. The van der Waals surface area contributed by atoms with Crippen LogP contribution < -0.4 is 10.0 Å².